The number of carbonyl (C=O) groups is 2. The molecular weight excluding hydrogens is 362 g/mol. The van der Waals surface area contributed by atoms with Crippen molar-refractivity contribution in [3.63, 3.8) is 0 Å². The highest BCUT2D eigenvalue weighted by molar-refractivity contribution is 5.90. The van der Waals surface area contributed by atoms with Gasteiger partial charge in [-0.3, -0.25) is 9.59 Å². The van der Waals surface area contributed by atoms with Crippen molar-refractivity contribution in [1.82, 2.24) is 4.90 Å². The molecule has 1 heterocycles. The maximum absolute atomic E-state index is 13.2. The first-order valence-electron chi connectivity index (χ1n) is 10.2. The third-order valence-corrected chi connectivity index (χ3v) is 6.51. The maximum atomic E-state index is 13.2. The lowest BCUT2D eigenvalue weighted by atomic mass is 9.89. The minimum absolute atomic E-state index is 0.0372. The van der Waals surface area contributed by atoms with Gasteiger partial charge in [0.25, 0.3) is 0 Å². The number of carboxylic acids is 1. The molecule has 146 valence electrons. The largest absolute Gasteiger partial charge is 0.481 e. The third-order valence-electron chi connectivity index (χ3n) is 6.51. The van der Waals surface area contributed by atoms with Gasteiger partial charge in [-0.25, -0.2) is 0 Å². The molecule has 4 atom stereocenters. The van der Waals surface area contributed by atoms with E-state index in [9.17, 15) is 14.7 Å². The van der Waals surface area contributed by atoms with Crippen LogP contribution in [0.25, 0.3) is 10.8 Å². The number of rotatable bonds is 4. The summed E-state index contributed by atoms with van der Waals surface area (Å²) in [5, 5.41) is 12.1. The molecular formula is C25H23NO3. The SMILES string of the molecule is O=C(O)[C@@H]1CN(C(=O)C2CC2c2cccc3ccccc23)C[C@@H]1c1ccccc1. The van der Waals surface area contributed by atoms with Gasteiger partial charge in [-0.1, -0.05) is 72.8 Å². The van der Waals surface area contributed by atoms with Gasteiger partial charge in [0.05, 0.1) is 5.92 Å². The zero-order chi connectivity index (χ0) is 20.0. The van der Waals surface area contributed by atoms with Gasteiger partial charge in [0.1, 0.15) is 0 Å². The van der Waals surface area contributed by atoms with Gasteiger partial charge >= 0.3 is 5.97 Å². The van der Waals surface area contributed by atoms with Gasteiger partial charge in [-0.05, 0) is 34.2 Å². The summed E-state index contributed by atoms with van der Waals surface area (Å²) in [6, 6.07) is 24.3. The van der Waals surface area contributed by atoms with Crippen molar-refractivity contribution in [2.24, 2.45) is 11.8 Å². The number of benzene rings is 3. The molecule has 1 saturated heterocycles. The van der Waals surface area contributed by atoms with Gasteiger partial charge in [0.2, 0.25) is 5.91 Å². The van der Waals surface area contributed by atoms with E-state index in [-0.39, 0.29) is 23.7 Å². The van der Waals surface area contributed by atoms with Crippen molar-refractivity contribution in [3.8, 4) is 0 Å². The molecule has 1 amide bonds. The average Bonchev–Trinajstić information content (AvgIpc) is 3.42. The van der Waals surface area contributed by atoms with Crippen LogP contribution in [-0.2, 0) is 9.59 Å². The van der Waals surface area contributed by atoms with E-state index >= 15 is 0 Å². The first kappa shape index (κ1) is 17.9. The standard InChI is InChI=1S/C25H23NO3/c27-24(21-13-20(21)19-12-6-10-16-9-4-5-11-18(16)19)26-14-22(23(15-26)25(28)29)17-7-2-1-3-8-17/h1-12,20-23H,13-15H2,(H,28,29)/t20?,21?,22-,23-/m1/s1. The Bertz CT molecular complexity index is 1070. The molecule has 0 spiro atoms. The van der Waals surface area contributed by atoms with Crippen LogP contribution >= 0.6 is 0 Å². The molecule has 29 heavy (non-hydrogen) atoms. The number of carbonyl (C=O) groups excluding carboxylic acids is 1. The predicted octanol–water partition coefficient (Wildman–Crippen LogP) is 4.27. The lowest BCUT2D eigenvalue weighted by Gasteiger charge is -2.17. The minimum Gasteiger partial charge on any atom is -0.481 e. The van der Waals surface area contributed by atoms with E-state index in [1.54, 1.807) is 4.90 Å². The van der Waals surface area contributed by atoms with Crippen LogP contribution in [0.4, 0.5) is 0 Å². The van der Waals surface area contributed by atoms with Crippen LogP contribution in [0, 0.1) is 11.8 Å². The minimum atomic E-state index is -0.824. The normalized spacial score (nSPS) is 25.9. The predicted molar refractivity (Wildman–Crippen MR) is 112 cm³/mol. The summed E-state index contributed by atoms with van der Waals surface area (Å²) in [5.74, 6) is -1.22. The lowest BCUT2D eigenvalue weighted by molar-refractivity contribution is -0.142. The average molecular weight is 385 g/mol. The van der Waals surface area contributed by atoms with Gasteiger partial charge in [0.15, 0.2) is 0 Å². The number of hydrogen-bond donors (Lipinski definition) is 1. The Hall–Kier alpha value is -3.14. The van der Waals surface area contributed by atoms with Gasteiger partial charge in [0, 0.05) is 24.9 Å². The molecule has 1 saturated carbocycles. The highest BCUT2D eigenvalue weighted by Crippen LogP contribution is 2.51. The van der Waals surface area contributed by atoms with Crippen LogP contribution in [-0.4, -0.2) is 35.0 Å². The number of likely N-dealkylation sites (tertiary alicyclic amines) is 1. The van der Waals surface area contributed by atoms with Crippen molar-refractivity contribution in [2.75, 3.05) is 13.1 Å². The molecule has 1 aliphatic heterocycles. The number of aliphatic carboxylic acids is 1. The molecule has 5 rings (SSSR count). The Morgan fingerprint density at radius 3 is 2.31 bits per heavy atom. The highest BCUT2D eigenvalue weighted by atomic mass is 16.4. The van der Waals surface area contributed by atoms with Gasteiger partial charge in [-0.15, -0.1) is 0 Å². The molecule has 4 nitrogen and oxygen atoms in total. The van der Waals surface area contributed by atoms with Crippen LogP contribution in [0.15, 0.2) is 72.8 Å². The second-order valence-corrected chi connectivity index (χ2v) is 8.22. The number of amides is 1. The number of carboxylic acid groups (broad SMARTS) is 1. The van der Waals surface area contributed by atoms with Crippen molar-refractivity contribution >= 4 is 22.6 Å². The zero-order valence-electron chi connectivity index (χ0n) is 16.1. The third kappa shape index (κ3) is 3.19. The van der Waals surface area contributed by atoms with Crippen molar-refractivity contribution in [3.05, 3.63) is 83.9 Å². The lowest BCUT2D eigenvalue weighted by Crippen LogP contribution is -2.31. The van der Waals surface area contributed by atoms with Crippen molar-refractivity contribution in [1.29, 1.82) is 0 Å². The van der Waals surface area contributed by atoms with Crippen LogP contribution in [0.5, 0.6) is 0 Å². The Kier molecular flexibility index (Phi) is 4.35. The number of fused-ring (bicyclic) bond motifs is 1. The summed E-state index contributed by atoms with van der Waals surface area (Å²) in [5.41, 5.74) is 2.23. The molecule has 3 aromatic carbocycles. The first-order chi connectivity index (χ1) is 14.1. The van der Waals surface area contributed by atoms with Crippen LogP contribution < -0.4 is 0 Å². The van der Waals surface area contributed by atoms with E-state index in [1.807, 2.05) is 42.5 Å². The summed E-state index contributed by atoms with van der Waals surface area (Å²) in [6.07, 6.45) is 0.844. The number of hydrogen-bond acceptors (Lipinski definition) is 2. The van der Waals surface area contributed by atoms with Crippen LogP contribution in [0.3, 0.4) is 0 Å². The zero-order valence-corrected chi connectivity index (χ0v) is 16.1. The molecule has 2 fully saturated rings. The van der Waals surface area contributed by atoms with Crippen molar-refractivity contribution < 1.29 is 14.7 Å². The van der Waals surface area contributed by atoms with E-state index < -0.39 is 11.9 Å². The fraction of sp³-hybridized carbons (Fsp3) is 0.280. The van der Waals surface area contributed by atoms with E-state index in [4.69, 9.17) is 0 Å². The van der Waals surface area contributed by atoms with Gasteiger partial charge < -0.3 is 10.0 Å². The molecule has 3 aromatic rings. The summed E-state index contributed by atoms with van der Waals surface area (Å²) in [4.78, 5) is 26.8. The molecule has 0 radical (unpaired) electrons. The summed E-state index contributed by atoms with van der Waals surface area (Å²) in [6.45, 7) is 0.783. The summed E-state index contributed by atoms with van der Waals surface area (Å²) < 4.78 is 0. The monoisotopic (exact) mass is 385 g/mol. The molecule has 1 aliphatic carbocycles. The Balaban J connectivity index is 1.36. The maximum Gasteiger partial charge on any atom is 0.308 e. The fourth-order valence-electron chi connectivity index (χ4n) is 4.89. The number of nitrogens with zero attached hydrogens (tertiary/aromatic N) is 1. The molecule has 2 unspecified atom stereocenters. The van der Waals surface area contributed by atoms with E-state index in [2.05, 4.69) is 30.3 Å². The highest BCUT2D eigenvalue weighted by Gasteiger charge is 2.49. The summed E-state index contributed by atoms with van der Waals surface area (Å²) >= 11 is 0. The first-order valence-corrected chi connectivity index (χ1v) is 10.2. The smallest absolute Gasteiger partial charge is 0.308 e. The van der Waals surface area contributed by atoms with E-state index in [1.165, 1.54) is 16.3 Å². The second-order valence-electron chi connectivity index (χ2n) is 8.22. The van der Waals surface area contributed by atoms with Crippen LogP contribution in [0.1, 0.15) is 29.4 Å². The summed E-state index contributed by atoms with van der Waals surface area (Å²) in [7, 11) is 0. The Labute approximate surface area is 169 Å². The van der Waals surface area contributed by atoms with Crippen LogP contribution in [0.2, 0.25) is 0 Å². The molecule has 4 heteroatoms. The molecule has 2 aliphatic rings. The Morgan fingerprint density at radius 2 is 1.52 bits per heavy atom. The molecule has 0 bridgehead atoms. The topological polar surface area (TPSA) is 57.6 Å². The van der Waals surface area contributed by atoms with Gasteiger partial charge in [-0.2, -0.15) is 0 Å². The molecule has 1 N–H and O–H groups in total. The second kappa shape index (κ2) is 7.03. The Morgan fingerprint density at radius 1 is 0.793 bits per heavy atom. The van der Waals surface area contributed by atoms with E-state index in [0.717, 1.165) is 12.0 Å². The molecule has 0 aromatic heterocycles. The fourth-order valence-corrected chi connectivity index (χ4v) is 4.89. The van der Waals surface area contributed by atoms with Crippen molar-refractivity contribution in [2.45, 2.75) is 18.3 Å². The quantitative estimate of drug-likeness (QED) is 0.730. The van der Waals surface area contributed by atoms with E-state index in [0.29, 0.717) is 13.1 Å².